The summed E-state index contributed by atoms with van der Waals surface area (Å²) >= 11 is 7.97. The van der Waals surface area contributed by atoms with Crippen LogP contribution < -0.4 is 0 Å². The molecule has 0 aliphatic rings. The molecule has 0 N–H and O–H groups in total. The molecule has 0 bridgehead atoms. The Balaban J connectivity index is 1.17. The molecule has 4 heterocycles. The molecule has 0 saturated heterocycles. The predicted octanol–water partition coefficient (Wildman–Crippen LogP) is 13.2. The zero-order chi connectivity index (χ0) is 31.7. The van der Waals surface area contributed by atoms with Crippen molar-refractivity contribution in [3.63, 3.8) is 0 Å². The second-order valence-electron chi connectivity index (χ2n) is 12.3. The quantitative estimate of drug-likeness (QED) is 0.177. The molecular weight excluding hydrogens is 724 g/mol. The minimum absolute atomic E-state index is 0.786. The SMILES string of the molecule is Brc1c2oc3ccc(-n4c5ccccc5c5ccccc54)cc3c2c(Br)c2oc3ccc(-n4c5ccccc5c5ccccc54)cc3c12. The van der Waals surface area contributed by atoms with Crippen molar-refractivity contribution in [2.75, 3.05) is 0 Å². The lowest BCUT2D eigenvalue weighted by molar-refractivity contribution is 0.661. The third-order valence-electron chi connectivity index (χ3n) is 9.86. The maximum Gasteiger partial charge on any atom is 0.151 e. The molecule has 0 aliphatic carbocycles. The van der Waals surface area contributed by atoms with Crippen molar-refractivity contribution < 1.29 is 8.83 Å². The first-order chi connectivity index (χ1) is 23.7. The number of nitrogens with zero attached hydrogens (tertiary/aromatic N) is 2. The molecule has 0 radical (unpaired) electrons. The highest BCUT2D eigenvalue weighted by atomic mass is 79.9. The molecule has 6 heteroatoms. The summed E-state index contributed by atoms with van der Waals surface area (Å²) in [6, 6.07) is 47.2. The molecule has 4 nitrogen and oxygen atoms in total. The number of furan rings is 2. The van der Waals surface area contributed by atoms with Crippen LogP contribution in [0.25, 0.3) is 98.9 Å². The average molecular weight is 746 g/mol. The van der Waals surface area contributed by atoms with E-state index >= 15 is 0 Å². The minimum Gasteiger partial charge on any atom is -0.455 e. The minimum atomic E-state index is 0.786. The van der Waals surface area contributed by atoms with Crippen LogP contribution in [0, 0.1) is 0 Å². The van der Waals surface area contributed by atoms with Crippen LogP contribution in [-0.4, -0.2) is 9.13 Å². The molecule has 11 rings (SSSR count). The van der Waals surface area contributed by atoms with Crippen molar-refractivity contribution >= 4 is 119 Å². The van der Waals surface area contributed by atoms with E-state index in [0.29, 0.717) is 0 Å². The second kappa shape index (κ2) is 9.63. The summed E-state index contributed by atoms with van der Waals surface area (Å²) in [4.78, 5) is 0. The zero-order valence-electron chi connectivity index (χ0n) is 25.2. The molecule has 11 aromatic rings. The maximum atomic E-state index is 6.62. The maximum absolute atomic E-state index is 6.62. The monoisotopic (exact) mass is 744 g/mol. The van der Waals surface area contributed by atoms with Gasteiger partial charge in [-0.1, -0.05) is 72.8 Å². The van der Waals surface area contributed by atoms with Crippen molar-refractivity contribution in [1.29, 1.82) is 0 Å². The van der Waals surface area contributed by atoms with Gasteiger partial charge < -0.3 is 18.0 Å². The average Bonchev–Trinajstić information content (AvgIpc) is 3.88. The van der Waals surface area contributed by atoms with Gasteiger partial charge in [0.2, 0.25) is 0 Å². The molecule has 0 aliphatic heterocycles. The van der Waals surface area contributed by atoms with Gasteiger partial charge in [0.05, 0.1) is 31.0 Å². The number of halogens is 2. The lowest BCUT2D eigenvalue weighted by Gasteiger charge is -2.08. The standard InChI is InChI=1S/C42H22Br2N2O2/c43-39-37-29-21-23(45-31-13-5-1-9-25(31)26-10-2-6-14-32(26)45)17-19-35(29)47-41(37)40(44)38-30-22-24(18-20-36(30)48-42(38)39)46-33-15-7-3-11-27(33)28-12-4-8-16-34(28)46/h1-22H. The van der Waals surface area contributed by atoms with Gasteiger partial charge in [0.1, 0.15) is 11.2 Å². The number of rotatable bonds is 2. The topological polar surface area (TPSA) is 36.1 Å². The highest BCUT2D eigenvalue weighted by molar-refractivity contribution is 9.11. The Morgan fingerprint density at radius 3 is 1.06 bits per heavy atom. The van der Waals surface area contributed by atoms with Gasteiger partial charge in [0.25, 0.3) is 0 Å². The van der Waals surface area contributed by atoms with Gasteiger partial charge in [-0.05, 0) is 92.5 Å². The second-order valence-corrected chi connectivity index (χ2v) is 13.9. The number of aromatic nitrogens is 2. The van der Waals surface area contributed by atoms with Crippen molar-refractivity contribution in [3.8, 4) is 11.4 Å². The molecule has 0 amide bonds. The summed E-state index contributed by atoms with van der Waals surface area (Å²) in [5, 5.41) is 8.94. The van der Waals surface area contributed by atoms with Gasteiger partial charge in [-0.25, -0.2) is 0 Å². The Kier molecular flexibility index (Phi) is 5.36. The van der Waals surface area contributed by atoms with Crippen LogP contribution in [0.15, 0.2) is 151 Å². The van der Waals surface area contributed by atoms with E-state index in [-0.39, 0.29) is 0 Å². The van der Waals surface area contributed by atoms with E-state index in [1.807, 2.05) is 0 Å². The van der Waals surface area contributed by atoms with E-state index in [1.54, 1.807) is 0 Å². The number of fused-ring (bicyclic) bond motifs is 12. The molecule has 0 spiro atoms. The highest BCUT2D eigenvalue weighted by Crippen LogP contribution is 2.48. The Morgan fingerprint density at radius 2 is 0.708 bits per heavy atom. The number of benzene rings is 7. The van der Waals surface area contributed by atoms with E-state index in [0.717, 1.165) is 64.2 Å². The van der Waals surface area contributed by atoms with Crippen LogP contribution in [0.1, 0.15) is 0 Å². The molecule has 0 atom stereocenters. The fraction of sp³-hybridized carbons (Fsp3) is 0. The third kappa shape index (κ3) is 3.43. The van der Waals surface area contributed by atoms with E-state index in [2.05, 4.69) is 174 Å². The van der Waals surface area contributed by atoms with Crippen molar-refractivity contribution in [2.45, 2.75) is 0 Å². The lowest BCUT2D eigenvalue weighted by atomic mass is 10.1. The molecule has 0 saturated carbocycles. The predicted molar refractivity (Wildman–Crippen MR) is 205 cm³/mol. The van der Waals surface area contributed by atoms with Gasteiger partial charge in [-0.2, -0.15) is 0 Å². The largest absolute Gasteiger partial charge is 0.455 e. The van der Waals surface area contributed by atoms with Crippen LogP contribution in [0.4, 0.5) is 0 Å². The Labute approximate surface area is 289 Å². The fourth-order valence-electron chi connectivity index (χ4n) is 7.82. The first kappa shape index (κ1) is 26.7. The first-order valence-corrected chi connectivity index (χ1v) is 17.4. The van der Waals surface area contributed by atoms with E-state index < -0.39 is 0 Å². The molecule has 226 valence electrons. The Bertz CT molecular complexity index is 2840. The smallest absolute Gasteiger partial charge is 0.151 e. The molecule has 0 unspecified atom stereocenters. The van der Waals surface area contributed by atoms with Gasteiger partial charge in [0, 0.05) is 54.5 Å². The van der Waals surface area contributed by atoms with Crippen molar-refractivity contribution in [2.24, 2.45) is 0 Å². The Morgan fingerprint density at radius 1 is 0.375 bits per heavy atom. The summed E-state index contributed by atoms with van der Waals surface area (Å²) in [5.41, 5.74) is 10.0. The van der Waals surface area contributed by atoms with Crippen LogP contribution in [0.5, 0.6) is 0 Å². The van der Waals surface area contributed by atoms with Crippen molar-refractivity contribution in [3.05, 3.63) is 142 Å². The van der Waals surface area contributed by atoms with Gasteiger partial charge >= 0.3 is 0 Å². The molecule has 0 fully saturated rings. The summed E-state index contributed by atoms with van der Waals surface area (Å²) in [7, 11) is 0. The van der Waals surface area contributed by atoms with Gasteiger partial charge in [-0.15, -0.1) is 0 Å². The fourth-order valence-corrected chi connectivity index (χ4v) is 9.17. The first-order valence-electron chi connectivity index (χ1n) is 15.8. The summed E-state index contributed by atoms with van der Waals surface area (Å²) in [6.45, 7) is 0. The summed E-state index contributed by atoms with van der Waals surface area (Å²) < 4.78 is 19.7. The highest BCUT2D eigenvalue weighted by Gasteiger charge is 2.24. The van der Waals surface area contributed by atoms with Crippen LogP contribution in [0.2, 0.25) is 0 Å². The number of para-hydroxylation sites is 4. The number of hydrogen-bond acceptors (Lipinski definition) is 2. The Hall–Kier alpha value is -5.30. The molecular formula is C42H22Br2N2O2. The summed E-state index contributed by atoms with van der Waals surface area (Å²) in [5.74, 6) is 0. The van der Waals surface area contributed by atoms with E-state index in [4.69, 9.17) is 8.83 Å². The molecule has 48 heavy (non-hydrogen) atoms. The van der Waals surface area contributed by atoms with Crippen LogP contribution in [0.3, 0.4) is 0 Å². The number of hydrogen-bond donors (Lipinski definition) is 0. The van der Waals surface area contributed by atoms with Gasteiger partial charge in [-0.3, -0.25) is 0 Å². The van der Waals surface area contributed by atoms with Gasteiger partial charge in [0.15, 0.2) is 11.2 Å². The lowest BCUT2D eigenvalue weighted by Crippen LogP contribution is -1.93. The zero-order valence-corrected chi connectivity index (χ0v) is 28.3. The summed E-state index contributed by atoms with van der Waals surface area (Å²) in [6.07, 6.45) is 0. The van der Waals surface area contributed by atoms with Crippen LogP contribution in [-0.2, 0) is 0 Å². The molecule has 7 aromatic carbocycles. The third-order valence-corrected chi connectivity index (χ3v) is 11.4. The van der Waals surface area contributed by atoms with E-state index in [9.17, 15) is 0 Å². The van der Waals surface area contributed by atoms with E-state index in [1.165, 1.54) is 43.6 Å². The van der Waals surface area contributed by atoms with Crippen molar-refractivity contribution in [1.82, 2.24) is 9.13 Å². The van der Waals surface area contributed by atoms with Crippen LogP contribution >= 0.6 is 31.9 Å². The molecule has 4 aromatic heterocycles. The normalized spacial score (nSPS) is 12.4.